The number of hydrogen-bond donors (Lipinski definition) is 0. The normalized spacial score (nSPS) is 20.9. The quantitative estimate of drug-likeness (QED) is 0.753. The molecule has 1 amide bonds. The minimum atomic E-state index is 0.280. The number of likely N-dealkylation sites (tertiary alicyclic amines) is 1. The zero-order valence-electron chi connectivity index (χ0n) is 15.4. The lowest BCUT2D eigenvalue weighted by molar-refractivity contribution is -0.130. The summed E-state index contributed by atoms with van der Waals surface area (Å²) in [5.74, 6) is 2.34. The summed E-state index contributed by atoms with van der Waals surface area (Å²) in [5, 5.41) is 4.69. The largest absolute Gasteiger partial charge is 0.342 e. The van der Waals surface area contributed by atoms with Crippen LogP contribution in [0.1, 0.15) is 44.4 Å². The number of carbonyl (C=O) groups excluding carboxylic acids is 1. The first-order chi connectivity index (χ1) is 13.3. The predicted molar refractivity (Wildman–Crippen MR) is 103 cm³/mol. The van der Waals surface area contributed by atoms with Gasteiger partial charge in [-0.3, -0.25) is 9.78 Å². The molecule has 8 heteroatoms. The topological polar surface area (TPSA) is 85.0 Å². The molecule has 1 aliphatic heterocycles. The van der Waals surface area contributed by atoms with E-state index in [1.54, 1.807) is 18.6 Å². The molecule has 3 heterocycles. The van der Waals surface area contributed by atoms with E-state index in [4.69, 9.17) is 4.52 Å². The number of aromatic nitrogens is 4. The zero-order valence-corrected chi connectivity index (χ0v) is 16.2. The first kappa shape index (κ1) is 18.4. The van der Waals surface area contributed by atoms with Crippen molar-refractivity contribution in [2.24, 2.45) is 5.92 Å². The molecule has 0 N–H and O–H groups in total. The van der Waals surface area contributed by atoms with Gasteiger partial charge in [0.1, 0.15) is 5.69 Å². The lowest BCUT2D eigenvalue weighted by atomic mass is 9.95. The van der Waals surface area contributed by atoms with Gasteiger partial charge in [-0.05, 0) is 31.6 Å². The molecule has 2 aromatic rings. The van der Waals surface area contributed by atoms with Gasteiger partial charge in [0.2, 0.25) is 17.6 Å². The number of carbonyl (C=O) groups is 1. The molecule has 0 aromatic carbocycles. The van der Waals surface area contributed by atoms with Crippen LogP contribution in [0.4, 0.5) is 0 Å². The smallest absolute Gasteiger partial charge is 0.232 e. The van der Waals surface area contributed by atoms with Crippen molar-refractivity contribution >= 4 is 17.7 Å². The van der Waals surface area contributed by atoms with Crippen LogP contribution in [-0.2, 0) is 11.2 Å². The molecular weight excluding hydrogens is 362 g/mol. The van der Waals surface area contributed by atoms with Crippen LogP contribution >= 0.6 is 11.8 Å². The summed E-state index contributed by atoms with van der Waals surface area (Å²) in [6.45, 7) is 1.65. The molecule has 0 spiro atoms. The van der Waals surface area contributed by atoms with Crippen molar-refractivity contribution in [3.63, 3.8) is 0 Å². The molecule has 2 fully saturated rings. The number of nitrogens with zero attached hydrogens (tertiary/aromatic N) is 5. The van der Waals surface area contributed by atoms with E-state index >= 15 is 0 Å². The monoisotopic (exact) mass is 387 g/mol. The van der Waals surface area contributed by atoms with Crippen LogP contribution in [0, 0.1) is 5.92 Å². The van der Waals surface area contributed by atoms with Gasteiger partial charge in [-0.15, -0.1) is 11.8 Å². The minimum absolute atomic E-state index is 0.280. The Kier molecular flexibility index (Phi) is 6.01. The summed E-state index contributed by atoms with van der Waals surface area (Å²) in [4.78, 5) is 27.3. The van der Waals surface area contributed by atoms with Gasteiger partial charge >= 0.3 is 0 Å². The molecule has 1 unspecified atom stereocenters. The molecule has 2 aliphatic rings. The average Bonchev–Trinajstić information content (AvgIpc) is 3.39. The van der Waals surface area contributed by atoms with E-state index in [0.717, 1.165) is 25.9 Å². The Morgan fingerprint density at radius 3 is 2.93 bits per heavy atom. The van der Waals surface area contributed by atoms with Crippen molar-refractivity contribution < 1.29 is 9.32 Å². The Morgan fingerprint density at radius 1 is 1.22 bits per heavy atom. The van der Waals surface area contributed by atoms with Gasteiger partial charge in [0.05, 0.1) is 11.9 Å². The van der Waals surface area contributed by atoms with Gasteiger partial charge in [0.15, 0.2) is 0 Å². The van der Waals surface area contributed by atoms with E-state index in [2.05, 4.69) is 20.1 Å². The summed E-state index contributed by atoms with van der Waals surface area (Å²) in [6, 6.07) is 0. The highest BCUT2D eigenvalue weighted by atomic mass is 32.2. The third-order valence-corrected chi connectivity index (χ3v) is 6.70. The molecule has 4 rings (SSSR count). The molecular formula is C19H25N5O2S. The van der Waals surface area contributed by atoms with Crippen LogP contribution in [0.3, 0.4) is 0 Å². The Morgan fingerprint density at radius 2 is 2.11 bits per heavy atom. The maximum absolute atomic E-state index is 12.6. The van der Waals surface area contributed by atoms with Crippen LogP contribution in [0.5, 0.6) is 0 Å². The van der Waals surface area contributed by atoms with Gasteiger partial charge in [-0.1, -0.05) is 18.0 Å². The summed E-state index contributed by atoms with van der Waals surface area (Å²) < 4.78 is 5.40. The van der Waals surface area contributed by atoms with E-state index in [0.29, 0.717) is 40.8 Å². The Bertz CT molecular complexity index is 748. The SMILES string of the molecule is O=C(CSC1CCCC1)N1CCCC(Cc2nc(-c3cnccn3)no2)C1. The lowest BCUT2D eigenvalue weighted by Gasteiger charge is -2.32. The summed E-state index contributed by atoms with van der Waals surface area (Å²) >= 11 is 1.85. The lowest BCUT2D eigenvalue weighted by Crippen LogP contribution is -2.41. The Balaban J connectivity index is 1.29. The second kappa shape index (κ2) is 8.82. The molecule has 2 aromatic heterocycles. The van der Waals surface area contributed by atoms with E-state index in [-0.39, 0.29) is 5.91 Å². The van der Waals surface area contributed by atoms with Crippen molar-refractivity contribution in [3.05, 3.63) is 24.5 Å². The maximum Gasteiger partial charge on any atom is 0.232 e. The van der Waals surface area contributed by atoms with Gasteiger partial charge in [-0.25, -0.2) is 4.98 Å². The van der Waals surface area contributed by atoms with Crippen LogP contribution in [-0.4, -0.2) is 55.0 Å². The Hall–Kier alpha value is -1.96. The molecule has 7 nitrogen and oxygen atoms in total. The average molecular weight is 388 g/mol. The van der Waals surface area contributed by atoms with Crippen molar-refractivity contribution in [1.82, 2.24) is 25.0 Å². The summed E-state index contributed by atoms with van der Waals surface area (Å²) in [5.41, 5.74) is 0.608. The fourth-order valence-corrected chi connectivity index (χ4v) is 5.12. The fraction of sp³-hybridized carbons (Fsp3) is 0.632. The highest BCUT2D eigenvalue weighted by Gasteiger charge is 2.26. The zero-order chi connectivity index (χ0) is 18.5. The number of hydrogen-bond acceptors (Lipinski definition) is 7. The van der Waals surface area contributed by atoms with Crippen molar-refractivity contribution in [2.75, 3.05) is 18.8 Å². The molecule has 0 radical (unpaired) electrons. The van der Waals surface area contributed by atoms with Crippen LogP contribution in [0.25, 0.3) is 11.5 Å². The van der Waals surface area contributed by atoms with Crippen LogP contribution < -0.4 is 0 Å². The van der Waals surface area contributed by atoms with Gasteiger partial charge in [0.25, 0.3) is 0 Å². The van der Waals surface area contributed by atoms with Crippen molar-refractivity contribution in [1.29, 1.82) is 0 Å². The summed E-state index contributed by atoms with van der Waals surface area (Å²) in [7, 11) is 0. The molecule has 1 atom stereocenters. The van der Waals surface area contributed by atoms with Gasteiger partial charge in [0, 0.05) is 37.2 Å². The van der Waals surface area contributed by atoms with Crippen molar-refractivity contribution in [3.8, 4) is 11.5 Å². The van der Waals surface area contributed by atoms with E-state index in [9.17, 15) is 4.79 Å². The molecule has 27 heavy (non-hydrogen) atoms. The summed E-state index contributed by atoms with van der Waals surface area (Å²) in [6.07, 6.45) is 12.8. The molecule has 0 bridgehead atoms. The van der Waals surface area contributed by atoms with Crippen molar-refractivity contribution in [2.45, 2.75) is 50.2 Å². The minimum Gasteiger partial charge on any atom is -0.342 e. The van der Waals surface area contributed by atoms with E-state index < -0.39 is 0 Å². The second-order valence-corrected chi connectivity index (χ2v) is 8.66. The highest BCUT2D eigenvalue weighted by molar-refractivity contribution is 8.00. The number of amides is 1. The Labute approximate surface area is 163 Å². The van der Waals surface area contributed by atoms with Crippen LogP contribution in [0.15, 0.2) is 23.1 Å². The second-order valence-electron chi connectivity index (χ2n) is 7.37. The number of thioether (sulfide) groups is 1. The molecule has 1 aliphatic carbocycles. The van der Waals surface area contributed by atoms with Gasteiger partial charge < -0.3 is 9.42 Å². The highest BCUT2D eigenvalue weighted by Crippen LogP contribution is 2.30. The third kappa shape index (κ3) is 4.86. The fourth-order valence-electron chi connectivity index (χ4n) is 3.90. The molecule has 1 saturated carbocycles. The first-order valence-corrected chi connectivity index (χ1v) is 10.8. The molecule has 144 valence electrons. The molecule has 1 saturated heterocycles. The van der Waals surface area contributed by atoms with Gasteiger partial charge in [-0.2, -0.15) is 4.98 Å². The first-order valence-electron chi connectivity index (χ1n) is 9.76. The maximum atomic E-state index is 12.6. The standard InChI is InChI=1S/C19H25N5O2S/c25-18(13-27-15-5-1-2-6-15)24-9-3-4-14(12-24)10-17-22-19(23-26-17)16-11-20-7-8-21-16/h7-8,11,14-15H,1-6,9-10,12-13H2. The third-order valence-electron chi connectivity index (χ3n) is 5.34. The van der Waals surface area contributed by atoms with Crippen LogP contribution in [0.2, 0.25) is 0 Å². The van der Waals surface area contributed by atoms with E-state index in [1.165, 1.54) is 25.7 Å². The van der Waals surface area contributed by atoms with E-state index in [1.807, 2.05) is 16.7 Å². The predicted octanol–water partition coefficient (Wildman–Crippen LogP) is 2.98. The number of rotatable bonds is 6. The number of piperidine rings is 1.